The van der Waals surface area contributed by atoms with Crippen molar-refractivity contribution in [2.45, 2.75) is 6.54 Å². The number of oxime groups is 1. The van der Waals surface area contributed by atoms with E-state index in [1.165, 1.54) is 12.3 Å². The van der Waals surface area contributed by atoms with E-state index in [0.717, 1.165) is 0 Å². The predicted octanol–water partition coefficient (Wildman–Crippen LogP) is -0.765. The molecule has 0 aliphatic rings. The van der Waals surface area contributed by atoms with Crippen LogP contribution in [0.1, 0.15) is 21.9 Å². The smallest absolute Gasteiger partial charge is 0.270 e. The van der Waals surface area contributed by atoms with Gasteiger partial charge in [0, 0.05) is 18.8 Å². The molecule has 0 saturated carbocycles. The number of pyridine rings is 1. The van der Waals surface area contributed by atoms with Gasteiger partial charge >= 0.3 is 0 Å². The van der Waals surface area contributed by atoms with E-state index < -0.39 is 0 Å². The van der Waals surface area contributed by atoms with Crippen LogP contribution in [-0.2, 0) is 13.6 Å². The number of nitrogens with two attached hydrogens (primary N) is 1. The average Bonchev–Trinajstić information content (AvgIpc) is 2.89. The molecule has 0 saturated heterocycles. The monoisotopic (exact) mass is 275 g/mol. The zero-order chi connectivity index (χ0) is 14.5. The minimum absolute atomic E-state index is 0.0662. The quantitative estimate of drug-likeness (QED) is 0.291. The number of aromatic nitrogens is 4. The van der Waals surface area contributed by atoms with Crippen molar-refractivity contribution in [3.05, 3.63) is 41.7 Å². The van der Waals surface area contributed by atoms with Crippen molar-refractivity contribution >= 4 is 11.7 Å². The van der Waals surface area contributed by atoms with Crippen LogP contribution < -0.4 is 11.1 Å². The number of aryl methyl sites for hydroxylation is 1. The molecule has 1 amide bonds. The van der Waals surface area contributed by atoms with E-state index in [1.54, 1.807) is 24.0 Å². The third kappa shape index (κ3) is 2.88. The molecule has 0 aliphatic carbocycles. The molecule has 0 aliphatic heterocycles. The molecular formula is C11H13N7O2. The molecule has 0 fully saturated rings. The zero-order valence-corrected chi connectivity index (χ0v) is 10.7. The molecule has 9 heteroatoms. The summed E-state index contributed by atoms with van der Waals surface area (Å²) in [5.41, 5.74) is 6.05. The largest absolute Gasteiger partial charge is 0.409 e. The van der Waals surface area contributed by atoms with Gasteiger partial charge in [-0.2, -0.15) is 0 Å². The molecule has 2 aromatic rings. The summed E-state index contributed by atoms with van der Waals surface area (Å²) in [6.07, 6.45) is 2.90. The molecule has 0 spiro atoms. The van der Waals surface area contributed by atoms with Gasteiger partial charge in [-0.05, 0) is 12.1 Å². The first-order valence-electron chi connectivity index (χ1n) is 5.67. The van der Waals surface area contributed by atoms with Crippen molar-refractivity contribution in [1.29, 1.82) is 0 Å². The van der Waals surface area contributed by atoms with E-state index in [0.29, 0.717) is 11.4 Å². The second-order valence-corrected chi connectivity index (χ2v) is 3.96. The molecule has 0 atom stereocenters. The lowest BCUT2D eigenvalue weighted by molar-refractivity contribution is 0.0944. The summed E-state index contributed by atoms with van der Waals surface area (Å²) < 4.78 is 1.70. The number of amides is 1. The van der Waals surface area contributed by atoms with Gasteiger partial charge in [0.25, 0.3) is 5.91 Å². The summed E-state index contributed by atoms with van der Waals surface area (Å²) >= 11 is 0. The van der Waals surface area contributed by atoms with Gasteiger partial charge in [0.2, 0.25) is 0 Å². The van der Waals surface area contributed by atoms with Crippen LogP contribution in [0.25, 0.3) is 0 Å². The molecular weight excluding hydrogens is 262 g/mol. The minimum Gasteiger partial charge on any atom is -0.409 e. The van der Waals surface area contributed by atoms with Gasteiger partial charge in [0.15, 0.2) is 11.7 Å². The van der Waals surface area contributed by atoms with Gasteiger partial charge in [-0.15, -0.1) is 10.2 Å². The van der Waals surface area contributed by atoms with Crippen LogP contribution in [0.2, 0.25) is 0 Å². The van der Waals surface area contributed by atoms with E-state index in [9.17, 15) is 4.79 Å². The molecule has 0 aromatic carbocycles. The molecule has 20 heavy (non-hydrogen) atoms. The number of nitrogens with zero attached hydrogens (tertiary/aromatic N) is 5. The van der Waals surface area contributed by atoms with Crippen molar-refractivity contribution in [3.8, 4) is 0 Å². The lowest BCUT2D eigenvalue weighted by Crippen LogP contribution is -2.25. The highest BCUT2D eigenvalue weighted by molar-refractivity contribution is 5.98. The van der Waals surface area contributed by atoms with E-state index in [1.807, 2.05) is 0 Å². The van der Waals surface area contributed by atoms with Crippen molar-refractivity contribution in [2.75, 3.05) is 0 Å². The van der Waals surface area contributed by atoms with Crippen LogP contribution in [0.4, 0.5) is 0 Å². The van der Waals surface area contributed by atoms with Gasteiger partial charge in [-0.3, -0.25) is 9.78 Å². The molecule has 4 N–H and O–H groups in total. The van der Waals surface area contributed by atoms with Crippen molar-refractivity contribution in [3.63, 3.8) is 0 Å². The number of carbonyl (C=O) groups is 1. The maximum absolute atomic E-state index is 11.9. The van der Waals surface area contributed by atoms with E-state index in [4.69, 9.17) is 10.9 Å². The molecule has 2 rings (SSSR count). The molecule has 2 aromatic heterocycles. The SMILES string of the molecule is Cn1cnnc1CNC(=O)c1ccc(C(N)=NO)cn1. The Labute approximate surface area is 114 Å². The Kier molecular flexibility index (Phi) is 3.89. The molecule has 0 unspecified atom stereocenters. The van der Waals surface area contributed by atoms with Crippen LogP contribution in [0.5, 0.6) is 0 Å². The summed E-state index contributed by atoms with van der Waals surface area (Å²) in [6.45, 7) is 0.249. The Morgan fingerprint density at radius 3 is 2.90 bits per heavy atom. The molecule has 104 valence electrons. The molecule has 0 bridgehead atoms. The lowest BCUT2D eigenvalue weighted by Gasteiger charge is -2.04. The van der Waals surface area contributed by atoms with Crippen molar-refractivity contribution < 1.29 is 10.0 Å². The van der Waals surface area contributed by atoms with Crippen molar-refractivity contribution in [2.24, 2.45) is 17.9 Å². The van der Waals surface area contributed by atoms with E-state index in [2.05, 4.69) is 25.7 Å². The Balaban J connectivity index is 2.01. The van der Waals surface area contributed by atoms with Gasteiger partial charge in [-0.25, -0.2) is 0 Å². The third-order valence-electron chi connectivity index (χ3n) is 2.61. The highest BCUT2D eigenvalue weighted by Gasteiger charge is 2.09. The standard InChI is InChI=1S/C11H13N7O2/c1-18-6-15-16-9(18)5-14-11(19)8-3-2-7(4-13-8)10(12)17-20/h2-4,6,20H,5H2,1H3,(H2,12,17)(H,14,19). The number of hydrogen-bond donors (Lipinski definition) is 3. The summed E-state index contributed by atoms with van der Waals surface area (Å²) in [5, 5.41) is 21.6. The van der Waals surface area contributed by atoms with Gasteiger partial charge in [-0.1, -0.05) is 5.16 Å². The highest BCUT2D eigenvalue weighted by atomic mass is 16.4. The van der Waals surface area contributed by atoms with E-state index >= 15 is 0 Å². The topological polar surface area (TPSA) is 131 Å². The second kappa shape index (κ2) is 5.78. The van der Waals surface area contributed by atoms with Crippen LogP contribution in [-0.4, -0.2) is 36.7 Å². The zero-order valence-electron chi connectivity index (χ0n) is 10.7. The van der Waals surface area contributed by atoms with Crippen LogP contribution >= 0.6 is 0 Å². The number of nitrogens with one attached hydrogen (secondary N) is 1. The maximum Gasteiger partial charge on any atom is 0.270 e. The number of amidine groups is 1. The maximum atomic E-state index is 11.9. The van der Waals surface area contributed by atoms with Gasteiger partial charge in [0.05, 0.1) is 6.54 Å². The minimum atomic E-state index is -0.348. The van der Waals surface area contributed by atoms with Gasteiger partial charge in [0.1, 0.15) is 12.0 Å². The number of hydrogen-bond acceptors (Lipinski definition) is 6. The van der Waals surface area contributed by atoms with Crippen LogP contribution in [0.15, 0.2) is 29.8 Å². The fourth-order valence-electron chi connectivity index (χ4n) is 1.45. The van der Waals surface area contributed by atoms with E-state index in [-0.39, 0.29) is 24.0 Å². The van der Waals surface area contributed by atoms with Gasteiger partial charge < -0.3 is 20.8 Å². The summed E-state index contributed by atoms with van der Waals surface area (Å²) in [7, 11) is 1.78. The number of carbonyl (C=O) groups excluding carboxylic acids is 1. The predicted molar refractivity (Wildman–Crippen MR) is 68.9 cm³/mol. The Hall–Kier alpha value is -2.97. The first kappa shape index (κ1) is 13.5. The summed E-state index contributed by atoms with van der Waals surface area (Å²) in [6, 6.07) is 3.03. The second-order valence-electron chi connectivity index (χ2n) is 3.96. The number of rotatable bonds is 4. The summed E-state index contributed by atoms with van der Waals surface area (Å²) in [5.74, 6) is 0.217. The first-order valence-corrected chi connectivity index (χ1v) is 5.67. The van der Waals surface area contributed by atoms with Crippen molar-refractivity contribution in [1.82, 2.24) is 25.1 Å². The molecule has 2 heterocycles. The fourth-order valence-corrected chi connectivity index (χ4v) is 1.45. The van der Waals surface area contributed by atoms with Crippen LogP contribution in [0.3, 0.4) is 0 Å². The first-order chi connectivity index (χ1) is 9.61. The van der Waals surface area contributed by atoms with Crippen LogP contribution in [0, 0.1) is 0 Å². The Morgan fingerprint density at radius 1 is 1.55 bits per heavy atom. The summed E-state index contributed by atoms with van der Waals surface area (Å²) in [4.78, 5) is 15.8. The average molecular weight is 275 g/mol. The third-order valence-corrected chi connectivity index (χ3v) is 2.61. The Morgan fingerprint density at radius 2 is 2.35 bits per heavy atom. The molecule has 0 radical (unpaired) electrons. The Bertz CT molecular complexity index is 632. The lowest BCUT2D eigenvalue weighted by atomic mass is 10.2. The molecule has 9 nitrogen and oxygen atoms in total. The fraction of sp³-hybridized carbons (Fsp3) is 0.182. The normalized spacial score (nSPS) is 11.3. The highest BCUT2D eigenvalue weighted by Crippen LogP contribution is 2.01.